The molecule has 5 atom stereocenters. The van der Waals surface area contributed by atoms with E-state index in [-0.39, 0.29) is 36.9 Å². The number of carboxylic acids is 1. The van der Waals surface area contributed by atoms with Gasteiger partial charge in [0.15, 0.2) is 0 Å². The van der Waals surface area contributed by atoms with Gasteiger partial charge in [0, 0.05) is 33.3 Å². The fourth-order valence-electron chi connectivity index (χ4n) is 6.87. The number of carbonyl (C=O) groups is 4. The zero-order valence-electron chi connectivity index (χ0n) is 35.7. The van der Waals surface area contributed by atoms with Crippen molar-refractivity contribution < 1.29 is 37.8 Å². The van der Waals surface area contributed by atoms with Crippen LogP contribution >= 0.6 is 23.2 Å². The number of tetrazole rings is 1. The number of nitrogens with zero attached hydrogens (tertiary/aromatic N) is 3. The van der Waals surface area contributed by atoms with Crippen molar-refractivity contribution in [1.82, 2.24) is 31.3 Å². The number of nitrogens with one attached hydrogen (secondary N) is 3. The molecule has 0 fully saturated rings. The van der Waals surface area contributed by atoms with Crippen LogP contribution in [0.15, 0.2) is 115 Å². The van der Waals surface area contributed by atoms with Gasteiger partial charge in [0.05, 0.1) is 12.6 Å². The summed E-state index contributed by atoms with van der Waals surface area (Å²) in [6, 6.07) is 27.9. The molecular formula is C47H49Cl2F2N9O6. The van der Waals surface area contributed by atoms with E-state index in [1.165, 1.54) is 30.3 Å². The predicted molar refractivity (Wildman–Crippen MR) is 246 cm³/mol. The lowest BCUT2D eigenvalue weighted by Gasteiger charge is -2.24. The van der Waals surface area contributed by atoms with Crippen molar-refractivity contribution in [3.63, 3.8) is 0 Å². The Balaban J connectivity index is 0.000000279. The van der Waals surface area contributed by atoms with Gasteiger partial charge in [-0.15, -0.1) is 10.2 Å². The number of halogens is 4. The lowest BCUT2D eigenvalue weighted by atomic mass is 9.96. The molecule has 0 bridgehead atoms. The largest absolute Gasteiger partial charge is 0.480 e. The standard InChI is InChI=1S/C28H27ClFN7O4.C19H22ClFN2O2/c29-19-10-11-22(30)21(14-19)18-8-6-17(7-9-18)12-20(32-27(39)25-34-36-37-35-25)15-24(28(40)41)33-26(38)23(31)13-16-4-2-1-3-5-16;1-2-25-19(24)18(23)11-15(22)9-12-3-5-13(6-4-12)16-10-14(20)7-8-17(16)21/h1-11,14,20,23-24H,12-13,15,31H2,(H,32,39)(H,33,38)(H,40,41)(H,34,35,36,37);3-8,10,15,18H,2,9,11,22-23H2,1H3/t20-,23+,24-;15-,18-/m11/s1. The van der Waals surface area contributed by atoms with Crippen LogP contribution in [-0.4, -0.2) is 86.3 Å². The van der Waals surface area contributed by atoms with Gasteiger partial charge < -0.3 is 37.7 Å². The molecule has 6 rings (SSSR count). The van der Waals surface area contributed by atoms with Gasteiger partial charge in [-0.25, -0.2) is 13.6 Å². The van der Waals surface area contributed by atoms with Crippen molar-refractivity contribution in [3.8, 4) is 22.3 Å². The van der Waals surface area contributed by atoms with E-state index in [0.29, 0.717) is 51.7 Å². The van der Waals surface area contributed by atoms with E-state index >= 15 is 0 Å². The molecule has 346 valence electrons. The van der Waals surface area contributed by atoms with Crippen molar-refractivity contribution >= 4 is 47.0 Å². The number of ether oxygens (including phenoxy) is 1. The third-order valence-corrected chi connectivity index (χ3v) is 10.6. The van der Waals surface area contributed by atoms with Gasteiger partial charge in [-0.1, -0.05) is 102 Å². The summed E-state index contributed by atoms with van der Waals surface area (Å²) in [6.07, 6.45) is 1.12. The molecular weight excluding hydrogens is 895 g/mol. The summed E-state index contributed by atoms with van der Waals surface area (Å²) in [5, 5.41) is 28.8. The number of benzene rings is 5. The molecule has 0 saturated carbocycles. The van der Waals surface area contributed by atoms with Gasteiger partial charge >= 0.3 is 11.9 Å². The molecule has 0 spiro atoms. The number of hydrogen-bond donors (Lipinski definition) is 7. The van der Waals surface area contributed by atoms with Crippen molar-refractivity contribution in [1.29, 1.82) is 0 Å². The zero-order valence-corrected chi connectivity index (χ0v) is 37.2. The van der Waals surface area contributed by atoms with E-state index in [4.69, 9.17) is 45.1 Å². The van der Waals surface area contributed by atoms with Crippen LogP contribution in [0.1, 0.15) is 47.1 Å². The Kier molecular flexibility index (Phi) is 18.8. The summed E-state index contributed by atoms with van der Waals surface area (Å²) in [6.45, 7) is 2.03. The molecule has 0 unspecified atom stereocenters. The minimum Gasteiger partial charge on any atom is -0.480 e. The van der Waals surface area contributed by atoms with Gasteiger partial charge in [0.2, 0.25) is 5.91 Å². The Labute approximate surface area is 389 Å². The number of carboxylic acid groups (broad SMARTS) is 1. The number of amides is 2. The van der Waals surface area contributed by atoms with E-state index < -0.39 is 53.7 Å². The van der Waals surface area contributed by atoms with Crippen LogP contribution in [0.5, 0.6) is 0 Å². The molecule has 0 aliphatic carbocycles. The molecule has 10 N–H and O–H groups in total. The first-order valence-corrected chi connectivity index (χ1v) is 21.5. The van der Waals surface area contributed by atoms with Crippen LogP contribution in [0, 0.1) is 11.6 Å². The summed E-state index contributed by atoms with van der Waals surface area (Å²) in [7, 11) is 0. The van der Waals surface area contributed by atoms with Crippen LogP contribution in [0.25, 0.3) is 22.3 Å². The maximum absolute atomic E-state index is 14.3. The summed E-state index contributed by atoms with van der Waals surface area (Å²) in [5.41, 5.74) is 22.5. The Hall–Kier alpha value is -6.63. The first kappa shape index (κ1) is 50.4. The third-order valence-electron chi connectivity index (χ3n) is 10.2. The van der Waals surface area contributed by atoms with E-state index in [2.05, 4.69) is 31.3 Å². The van der Waals surface area contributed by atoms with Crippen LogP contribution < -0.4 is 27.8 Å². The third kappa shape index (κ3) is 15.2. The molecule has 2 amide bonds. The topological polar surface area (TPSA) is 254 Å². The number of H-pyrrole nitrogens is 1. The van der Waals surface area contributed by atoms with Gasteiger partial charge in [-0.05, 0) is 108 Å². The summed E-state index contributed by atoms with van der Waals surface area (Å²) >= 11 is 11.9. The highest BCUT2D eigenvalue weighted by Crippen LogP contribution is 2.28. The monoisotopic (exact) mass is 943 g/mol. The molecule has 6 aromatic rings. The second-order valence-corrected chi connectivity index (χ2v) is 16.1. The molecule has 15 nitrogen and oxygen atoms in total. The van der Waals surface area contributed by atoms with E-state index in [1.807, 2.05) is 54.6 Å². The number of aromatic amines is 1. The number of hydrogen-bond acceptors (Lipinski definition) is 11. The molecule has 1 heterocycles. The first-order chi connectivity index (χ1) is 31.6. The maximum atomic E-state index is 14.3. The Morgan fingerprint density at radius 2 is 1.26 bits per heavy atom. The Morgan fingerprint density at radius 3 is 1.77 bits per heavy atom. The lowest BCUT2D eigenvalue weighted by molar-refractivity contribution is -0.145. The zero-order chi connectivity index (χ0) is 47.8. The minimum absolute atomic E-state index is 0.173. The molecule has 1 aromatic heterocycles. The highest BCUT2D eigenvalue weighted by atomic mass is 35.5. The molecule has 5 aromatic carbocycles. The number of aromatic nitrogens is 4. The summed E-state index contributed by atoms with van der Waals surface area (Å²) < 4.78 is 33.1. The molecule has 0 aliphatic heterocycles. The number of esters is 1. The van der Waals surface area contributed by atoms with E-state index in [9.17, 15) is 33.1 Å². The SMILES string of the molecule is CCOC(=O)[C@H](N)C[C@H](N)Cc1ccc(-c2cc(Cl)ccc2F)cc1.N[C@@H](Cc1ccccc1)C(=O)N[C@H](C[C@@H](Cc1ccc(-c2cc(Cl)ccc2F)cc1)NC(=O)c1nn[nH]n1)C(=O)O. The molecule has 19 heteroatoms. The Bertz CT molecular complexity index is 2540. The highest BCUT2D eigenvalue weighted by Gasteiger charge is 2.29. The second-order valence-electron chi connectivity index (χ2n) is 15.2. The summed E-state index contributed by atoms with van der Waals surface area (Å²) in [4.78, 5) is 49.1. The smallest absolute Gasteiger partial charge is 0.326 e. The number of nitrogens with two attached hydrogens (primary N) is 3. The van der Waals surface area contributed by atoms with Crippen LogP contribution in [0.3, 0.4) is 0 Å². The predicted octanol–water partition coefficient (Wildman–Crippen LogP) is 5.83. The van der Waals surface area contributed by atoms with Gasteiger partial charge in [-0.3, -0.25) is 14.4 Å². The Morgan fingerprint density at radius 1 is 0.712 bits per heavy atom. The molecule has 0 radical (unpaired) electrons. The fourth-order valence-corrected chi connectivity index (χ4v) is 7.21. The van der Waals surface area contributed by atoms with Crippen molar-refractivity contribution in [2.45, 2.75) is 69.2 Å². The van der Waals surface area contributed by atoms with Crippen molar-refractivity contribution in [3.05, 3.63) is 159 Å². The maximum Gasteiger partial charge on any atom is 0.326 e. The molecule has 0 saturated heterocycles. The lowest BCUT2D eigenvalue weighted by Crippen LogP contribution is -2.52. The van der Waals surface area contributed by atoms with E-state index in [1.54, 1.807) is 37.3 Å². The highest BCUT2D eigenvalue weighted by molar-refractivity contribution is 6.31. The summed E-state index contributed by atoms with van der Waals surface area (Å²) in [5.74, 6) is -4.05. The average Bonchev–Trinajstić information content (AvgIpc) is 3.85. The van der Waals surface area contributed by atoms with Crippen LogP contribution in [0.4, 0.5) is 8.78 Å². The number of carbonyl (C=O) groups excluding carboxylic acids is 3. The first-order valence-electron chi connectivity index (χ1n) is 20.7. The quantitative estimate of drug-likeness (QED) is 0.0474. The van der Waals surface area contributed by atoms with Gasteiger partial charge in [-0.2, -0.15) is 5.21 Å². The van der Waals surface area contributed by atoms with Crippen molar-refractivity contribution in [2.24, 2.45) is 17.2 Å². The van der Waals surface area contributed by atoms with Gasteiger partial charge in [0.1, 0.15) is 23.7 Å². The normalized spacial score (nSPS) is 13.2. The van der Waals surface area contributed by atoms with Gasteiger partial charge in [0.25, 0.3) is 11.7 Å². The minimum atomic E-state index is -1.36. The molecule has 0 aliphatic rings. The number of rotatable bonds is 19. The van der Waals surface area contributed by atoms with Crippen LogP contribution in [-0.2, 0) is 38.4 Å². The number of aliphatic carboxylic acids is 1. The average molecular weight is 945 g/mol. The fraction of sp³-hybridized carbons (Fsp3) is 0.255. The van der Waals surface area contributed by atoms with Crippen LogP contribution in [0.2, 0.25) is 10.0 Å². The van der Waals surface area contributed by atoms with Crippen molar-refractivity contribution in [2.75, 3.05) is 6.61 Å². The van der Waals surface area contributed by atoms with E-state index in [0.717, 1.165) is 16.7 Å². The second kappa shape index (κ2) is 24.6. The molecule has 66 heavy (non-hydrogen) atoms.